The summed E-state index contributed by atoms with van der Waals surface area (Å²) >= 11 is 0. The highest BCUT2D eigenvalue weighted by molar-refractivity contribution is 6.02. The van der Waals surface area contributed by atoms with Gasteiger partial charge in [0.2, 0.25) is 5.91 Å². The molecule has 1 aromatic heterocycles. The first kappa shape index (κ1) is 17.5. The number of hydrogen-bond acceptors (Lipinski definition) is 3. The molecule has 138 valence electrons. The quantitative estimate of drug-likeness (QED) is 0.618. The van der Waals surface area contributed by atoms with Crippen LogP contribution in [-0.2, 0) is 4.79 Å². The number of benzene rings is 2. The van der Waals surface area contributed by atoms with Gasteiger partial charge in [-0.3, -0.25) is 4.79 Å². The molecule has 0 spiro atoms. The second-order valence-corrected chi connectivity index (χ2v) is 7.39. The lowest BCUT2D eigenvalue weighted by molar-refractivity contribution is -0.120. The molecule has 1 saturated carbocycles. The largest absolute Gasteiger partial charge is 0.340 e. The van der Waals surface area contributed by atoms with Gasteiger partial charge in [0.1, 0.15) is 5.82 Å². The molecule has 0 atom stereocenters. The van der Waals surface area contributed by atoms with Crippen LogP contribution < -0.4 is 10.6 Å². The van der Waals surface area contributed by atoms with E-state index in [0.717, 1.165) is 53.8 Å². The van der Waals surface area contributed by atoms with Crippen molar-refractivity contribution in [3.8, 4) is 0 Å². The Bertz CT molecular complexity index is 943. The summed E-state index contributed by atoms with van der Waals surface area (Å²) in [7, 11) is 0. The van der Waals surface area contributed by atoms with Crippen LogP contribution in [0.15, 0.2) is 54.6 Å². The van der Waals surface area contributed by atoms with Crippen molar-refractivity contribution in [1.29, 1.82) is 0 Å². The minimum Gasteiger partial charge on any atom is -0.340 e. The van der Waals surface area contributed by atoms with Crippen LogP contribution in [0, 0.1) is 12.8 Å². The number of nitrogens with one attached hydrogen (secondary N) is 2. The van der Waals surface area contributed by atoms with E-state index in [4.69, 9.17) is 4.98 Å². The summed E-state index contributed by atoms with van der Waals surface area (Å²) in [5, 5.41) is 7.49. The average molecular weight is 359 g/mol. The fraction of sp³-hybridized carbons (Fsp3) is 0.304. The van der Waals surface area contributed by atoms with Gasteiger partial charge in [0.25, 0.3) is 0 Å². The van der Waals surface area contributed by atoms with E-state index < -0.39 is 0 Å². The summed E-state index contributed by atoms with van der Waals surface area (Å²) in [4.78, 5) is 17.5. The Kier molecular flexibility index (Phi) is 5.05. The van der Waals surface area contributed by atoms with E-state index in [1.54, 1.807) is 0 Å². The van der Waals surface area contributed by atoms with Crippen LogP contribution in [0.5, 0.6) is 0 Å². The fourth-order valence-electron chi connectivity index (χ4n) is 3.73. The van der Waals surface area contributed by atoms with Crippen LogP contribution in [0.4, 0.5) is 17.2 Å². The van der Waals surface area contributed by atoms with Crippen LogP contribution >= 0.6 is 0 Å². The Labute approximate surface area is 160 Å². The molecule has 0 saturated heterocycles. The molecule has 1 amide bonds. The number of nitrogens with zero attached hydrogens (tertiary/aromatic N) is 1. The second kappa shape index (κ2) is 7.78. The van der Waals surface area contributed by atoms with Gasteiger partial charge in [-0.15, -0.1) is 0 Å². The smallest absolute Gasteiger partial charge is 0.227 e. The number of aromatic nitrogens is 1. The third-order valence-corrected chi connectivity index (χ3v) is 5.27. The van der Waals surface area contributed by atoms with Crippen LogP contribution in [-0.4, -0.2) is 10.9 Å². The van der Waals surface area contributed by atoms with Gasteiger partial charge in [0.15, 0.2) is 0 Å². The van der Waals surface area contributed by atoms with Gasteiger partial charge in [0.05, 0.1) is 11.2 Å². The first-order valence-corrected chi connectivity index (χ1v) is 9.73. The normalized spacial score (nSPS) is 14.9. The summed E-state index contributed by atoms with van der Waals surface area (Å²) in [5.41, 5.74) is 3.89. The van der Waals surface area contributed by atoms with E-state index in [-0.39, 0.29) is 11.8 Å². The minimum atomic E-state index is 0.124. The number of anilines is 3. The lowest BCUT2D eigenvalue weighted by Crippen LogP contribution is -2.24. The molecule has 0 unspecified atom stereocenters. The molecule has 1 aliphatic rings. The van der Waals surface area contributed by atoms with E-state index in [1.807, 2.05) is 42.5 Å². The predicted molar refractivity (Wildman–Crippen MR) is 111 cm³/mol. The van der Waals surface area contributed by atoms with Gasteiger partial charge in [-0.05, 0) is 38.0 Å². The predicted octanol–water partition coefficient (Wildman–Crippen LogP) is 5.81. The molecule has 2 N–H and O–H groups in total. The summed E-state index contributed by atoms with van der Waals surface area (Å²) in [6.45, 7) is 2.07. The van der Waals surface area contributed by atoms with E-state index in [0.29, 0.717) is 0 Å². The molecule has 1 aliphatic carbocycles. The zero-order valence-corrected chi connectivity index (χ0v) is 15.7. The van der Waals surface area contributed by atoms with E-state index >= 15 is 0 Å². The van der Waals surface area contributed by atoms with Gasteiger partial charge in [0, 0.05) is 23.1 Å². The van der Waals surface area contributed by atoms with Gasteiger partial charge < -0.3 is 10.6 Å². The first-order valence-electron chi connectivity index (χ1n) is 9.73. The molecular weight excluding hydrogens is 334 g/mol. The Morgan fingerprint density at radius 2 is 1.74 bits per heavy atom. The van der Waals surface area contributed by atoms with Gasteiger partial charge >= 0.3 is 0 Å². The number of rotatable bonds is 4. The Balaban J connectivity index is 1.63. The number of para-hydroxylation sites is 1. The molecule has 2 aromatic carbocycles. The van der Waals surface area contributed by atoms with Gasteiger partial charge in [-0.1, -0.05) is 55.2 Å². The molecule has 3 aromatic rings. The van der Waals surface area contributed by atoms with Crippen molar-refractivity contribution in [2.24, 2.45) is 5.92 Å². The number of carbonyl (C=O) groups is 1. The lowest BCUT2D eigenvalue weighted by atomic mass is 9.88. The zero-order valence-electron chi connectivity index (χ0n) is 15.7. The fourth-order valence-corrected chi connectivity index (χ4v) is 3.73. The topological polar surface area (TPSA) is 54.0 Å². The highest BCUT2D eigenvalue weighted by Gasteiger charge is 2.22. The number of fused-ring (bicyclic) bond motifs is 1. The maximum Gasteiger partial charge on any atom is 0.227 e. The maximum absolute atomic E-state index is 12.8. The number of aryl methyl sites for hydroxylation is 1. The molecule has 0 bridgehead atoms. The van der Waals surface area contributed by atoms with Crippen molar-refractivity contribution in [3.05, 3.63) is 60.2 Å². The monoisotopic (exact) mass is 359 g/mol. The second-order valence-electron chi connectivity index (χ2n) is 7.39. The molecule has 1 fully saturated rings. The third-order valence-electron chi connectivity index (χ3n) is 5.27. The van der Waals surface area contributed by atoms with Crippen molar-refractivity contribution >= 4 is 34.0 Å². The SMILES string of the molecule is Cc1ccc(Nc2cc(NC(=O)C3CCCCC3)c3ccccc3n2)cc1. The number of amides is 1. The lowest BCUT2D eigenvalue weighted by Gasteiger charge is -2.21. The first-order chi connectivity index (χ1) is 13.2. The minimum absolute atomic E-state index is 0.124. The van der Waals surface area contributed by atoms with E-state index in [1.165, 1.54) is 12.0 Å². The van der Waals surface area contributed by atoms with E-state index in [9.17, 15) is 4.79 Å². The summed E-state index contributed by atoms with van der Waals surface area (Å²) in [6, 6.07) is 18.1. The zero-order chi connectivity index (χ0) is 18.6. The molecule has 0 radical (unpaired) electrons. The van der Waals surface area contributed by atoms with Crippen molar-refractivity contribution in [2.75, 3.05) is 10.6 Å². The number of carbonyl (C=O) groups excluding carboxylic acids is 1. The van der Waals surface area contributed by atoms with E-state index in [2.05, 4.69) is 29.7 Å². The van der Waals surface area contributed by atoms with Gasteiger partial charge in [-0.2, -0.15) is 0 Å². The Morgan fingerprint density at radius 1 is 1.00 bits per heavy atom. The van der Waals surface area contributed by atoms with Crippen molar-refractivity contribution in [3.63, 3.8) is 0 Å². The molecular formula is C23H25N3O. The Hall–Kier alpha value is -2.88. The van der Waals surface area contributed by atoms with Crippen LogP contribution in [0.2, 0.25) is 0 Å². The number of pyridine rings is 1. The van der Waals surface area contributed by atoms with Crippen molar-refractivity contribution in [2.45, 2.75) is 39.0 Å². The molecule has 1 heterocycles. The summed E-state index contributed by atoms with van der Waals surface area (Å²) in [5.74, 6) is 0.989. The molecule has 27 heavy (non-hydrogen) atoms. The van der Waals surface area contributed by atoms with Crippen molar-refractivity contribution < 1.29 is 4.79 Å². The third kappa shape index (κ3) is 4.11. The van der Waals surface area contributed by atoms with Crippen LogP contribution in [0.25, 0.3) is 10.9 Å². The maximum atomic E-state index is 12.8. The highest BCUT2D eigenvalue weighted by Crippen LogP contribution is 2.30. The molecule has 0 aliphatic heterocycles. The summed E-state index contributed by atoms with van der Waals surface area (Å²) < 4.78 is 0. The van der Waals surface area contributed by atoms with Crippen molar-refractivity contribution in [1.82, 2.24) is 4.98 Å². The Morgan fingerprint density at radius 3 is 2.52 bits per heavy atom. The molecule has 4 heteroatoms. The summed E-state index contributed by atoms with van der Waals surface area (Å²) in [6.07, 6.45) is 5.52. The molecule has 4 rings (SSSR count). The highest BCUT2D eigenvalue weighted by atomic mass is 16.1. The van der Waals surface area contributed by atoms with Crippen LogP contribution in [0.3, 0.4) is 0 Å². The standard InChI is InChI=1S/C23H25N3O/c1-16-11-13-18(14-12-16)24-22-15-21(19-9-5-6-10-20(19)25-22)26-23(27)17-7-3-2-4-8-17/h5-6,9-15,17H,2-4,7-8H2,1H3,(H2,24,25,26,27). The van der Waals surface area contributed by atoms with Crippen LogP contribution in [0.1, 0.15) is 37.7 Å². The molecule has 4 nitrogen and oxygen atoms in total. The average Bonchev–Trinajstić information content (AvgIpc) is 2.70. The van der Waals surface area contributed by atoms with Gasteiger partial charge in [-0.25, -0.2) is 4.98 Å². The number of hydrogen-bond donors (Lipinski definition) is 2.